The fourth-order valence-electron chi connectivity index (χ4n) is 1.68. The molecule has 2 aromatic carbocycles. The van der Waals surface area contributed by atoms with Gasteiger partial charge >= 0.3 is 6.03 Å². The summed E-state index contributed by atoms with van der Waals surface area (Å²) in [6.07, 6.45) is 1.40. The second-order valence-electron chi connectivity index (χ2n) is 4.27. The van der Waals surface area contributed by atoms with Crippen LogP contribution < -0.4 is 15.5 Å². The minimum atomic E-state index is -0.503. The highest BCUT2D eigenvalue weighted by atomic mass is 35.5. The van der Waals surface area contributed by atoms with E-state index in [1.54, 1.807) is 36.4 Å². The number of nitrogens with one attached hydrogen (secondary N) is 2. The van der Waals surface area contributed by atoms with E-state index in [4.69, 9.17) is 16.3 Å². The summed E-state index contributed by atoms with van der Waals surface area (Å²) in [5.41, 5.74) is 3.48. The van der Waals surface area contributed by atoms with E-state index in [2.05, 4.69) is 15.8 Å². The van der Waals surface area contributed by atoms with Gasteiger partial charge in [0.05, 0.1) is 13.3 Å². The molecule has 0 aliphatic heterocycles. The number of rotatable bonds is 4. The molecule has 2 aromatic rings. The van der Waals surface area contributed by atoms with Crippen molar-refractivity contribution in [1.29, 1.82) is 0 Å². The summed E-state index contributed by atoms with van der Waals surface area (Å²) < 4.78 is 4.93. The number of carbonyl (C=O) groups excluding carboxylic acids is 1. The molecule has 0 unspecified atom stereocenters. The summed E-state index contributed by atoms with van der Waals surface area (Å²) in [4.78, 5) is 11.6. The Hall–Kier alpha value is -2.73. The molecule has 0 atom stereocenters. The Labute approximate surface area is 132 Å². The first kappa shape index (κ1) is 15.7. The van der Waals surface area contributed by atoms with E-state index in [9.17, 15) is 9.90 Å². The topological polar surface area (TPSA) is 83.0 Å². The number of ether oxygens (including phenoxy) is 1. The van der Waals surface area contributed by atoms with Crippen LogP contribution in [0.25, 0.3) is 0 Å². The van der Waals surface area contributed by atoms with Crippen LogP contribution in [0.4, 0.5) is 10.5 Å². The average Bonchev–Trinajstić information content (AvgIpc) is 2.47. The Balaban J connectivity index is 1.91. The van der Waals surface area contributed by atoms with Crippen LogP contribution in [0.15, 0.2) is 47.6 Å². The number of phenolic OH excluding ortho intramolecular Hbond substituents is 1. The van der Waals surface area contributed by atoms with Crippen molar-refractivity contribution in [3.8, 4) is 11.5 Å². The molecule has 6 nitrogen and oxygen atoms in total. The number of aromatic hydroxyl groups is 1. The number of carbonyl (C=O) groups is 1. The Morgan fingerprint density at radius 3 is 2.82 bits per heavy atom. The van der Waals surface area contributed by atoms with E-state index in [0.29, 0.717) is 22.0 Å². The number of phenols is 1. The van der Waals surface area contributed by atoms with Gasteiger partial charge in [-0.15, -0.1) is 0 Å². The number of amides is 2. The molecule has 0 radical (unpaired) electrons. The molecule has 0 heterocycles. The third-order valence-corrected chi connectivity index (χ3v) is 2.90. The minimum absolute atomic E-state index is 0.00479. The summed E-state index contributed by atoms with van der Waals surface area (Å²) in [5, 5.41) is 16.5. The lowest BCUT2D eigenvalue weighted by molar-refractivity contribution is 0.252. The maximum absolute atomic E-state index is 11.6. The van der Waals surface area contributed by atoms with Crippen molar-refractivity contribution in [2.75, 3.05) is 12.4 Å². The highest BCUT2D eigenvalue weighted by molar-refractivity contribution is 6.30. The van der Waals surface area contributed by atoms with Crippen LogP contribution in [0.1, 0.15) is 5.56 Å². The SMILES string of the molecule is COc1ccc(/C=N\NC(=O)Nc2cccc(Cl)c2)cc1O. The van der Waals surface area contributed by atoms with Crippen molar-refractivity contribution in [3.05, 3.63) is 53.1 Å². The molecule has 2 rings (SSSR count). The normalized spacial score (nSPS) is 10.5. The predicted molar refractivity (Wildman–Crippen MR) is 85.9 cm³/mol. The lowest BCUT2D eigenvalue weighted by Gasteiger charge is -2.05. The molecule has 0 saturated heterocycles. The Morgan fingerprint density at radius 2 is 2.14 bits per heavy atom. The zero-order valence-corrected chi connectivity index (χ0v) is 12.5. The number of hydrazone groups is 1. The first-order valence-electron chi connectivity index (χ1n) is 6.31. The average molecular weight is 320 g/mol. The molecule has 0 saturated carbocycles. The molecule has 0 fully saturated rings. The highest BCUT2D eigenvalue weighted by Crippen LogP contribution is 2.25. The number of nitrogens with zero attached hydrogens (tertiary/aromatic N) is 1. The molecule has 0 aliphatic rings. The van der Waals surface area contributed by atoms with Crippen molar-refractivity contribution in [2.45, 2.75) is 0 Å². The first-order chi connectivity index (χ1) is 10.6. The molecule has 3 N–H and O–H groups in total. The van der Waals surface area contributed by atoms with Gasteiger partial charge in [-0.25, -0.2) is 10.2 Å². The van der Waals surface area contributed by atoms with Crippen molar-refractivity contribution in [2.24, 2.45) is 5.10 Å². The third kappa shape index (κ3) is 4.39. The van der Waals surface area contributed by atoms with Crippen molar-refractivity contribution >= 4 is 29.5 Å². The zero-order chi connectivity index (χ0) is 15.9. The number of urea groups is 1. The lowest BCUT2D eigenvalue weighted by atomic mass is 10.2. The van der Waals surface area contributed by atoms with Gasteiger partial charge in [-0.2, -0.15) is 5.10 Å². The number of hydrogen-bond acceptors (Lipinski definition) is 4. The largest absolute Gasteiger partial charge is 0.504 e. The third-order valence-electron chi connectivity index (χ3n) is 2.67. The smallest absolute Gasteiger partial charge is 0.339 e. The maximum Gasteiger partial charge on any atom is 0.339 e. The fraction of sp³-hybridized carbons (Fsp3) is 0.0667. The monoisotopic (exact) mass is 319 g/mol. The van der Waals surface area contributed by atoms with Crippen LogP contribution in [-0.2, 0) is 0 Å². The molecule has 22 heavy (non-hydrogen) atoms. The summed E-state index contributed by atoms with van der Waals surface area (Å²) in [7, 11) is 1.46. The Bertz CT molecular complexity index is 704. The van der Waals surface area contributed by atoms with Gasteiger partial charge in [-0.05, 0) is 42.0 Å². The number of benzene rings is 2. The Morgan fingerprint density at radius 1 is 1.32 bits per heavy atom. The number of halogens is 1. The van der Waals surface area contributed by atoms with Gasteiger partial charge < -0.3 is 15.2 Å². The quantitative estimate of drug-likeness (QED) is 0.597. The van der Waals surface area contributed by atoms with Gasteiger partial charge in [-0.1, -0.05) is 17.7 Å². The van der Waals surface area contributed by atoms with Crippen LogP contribution in [0.2, 0.25) is 5.02 Å². The summed E-state index contributed by atoms with van der Waals surface area (Å²) in [6, 6.07) is 11.0. The van der Waals surface area contributed by atoms with Gasteiger partial charge in [0, 0.05) is 10.7 Å². The highest BCUT2D eigenvalue weighted by Gasteiger charge is 2.02. The van der Waals surface area contributed by atoms with Crippen molar-refractivity contribution < 1.29 is 14.6 Å². The van der Waals surface area contributed by atoms with Crippen LogP contribution in [-0.4, -0.2) is 24.5 Å². The summed E-state index contributed by atoms with van der Waals surface area (Å²) in [5.74, 6) is 0.360. The molecule has 2 amide bonds. The van der Waals surface area contributed by atoms with Crippen molar-refractivity contribution in [1.82, 2.24) is 5.43 Å². The molecule has 0 spiro atoms. The number of anilines is 1. The first-order valence-corrected chi connectivity index (χ1v) is 6.69. The predicted octanol–water partition coefficient (Wildman–Crippen LogP) is 3.21. The van der Waals surface area contributed by atoms with E-state index in [1.165, 1.54) is 19.4 Å². The van der Waals surface area contributed by atoms with Gasteiger partial charge in [0.25, 0.3) is 0 Å². The Kier molecular flexibility index (Phi) is 5.21. The minimum Gasteiger partial charge on any atom is -0.504 e. The second kappa shape index (κ2) is 7.33. The maximum atomic E-state index is 11.6. The van der Waals surface area contributed by atoms with E-state index < -0.39 is 6.03 Å². The van der Waals surface area contributed by atoms with Gasteiger partial charge in [0.15, 0.2) is 11.5 Å². The van der Waals surface area contributed by atoms with Crippen LogP contribution in [0.5, 0.6) is 11.5 Å². The van der Waals surface area contributed by atoms with E-state index in [1.807, 2.05) is 0 Å². The van der Waals surface area contributed by atoms with Crippen LogP contribution >= 0.6 is 11.6 Å². The molecular formula is C15H14ClN3O3. The summed E-state index contributed by atoms with van der Waals surface area (Å²) >= 11 is 5.82. The molecule has 0 aromatic heterocycles. The molecule has 0 bridgehead atoms. The molecule has 0 aliphatic carbocycles. The summed E-state index contributed by atoms with van der Waals surface area (Å²) in [6.45, 7) is 0. The van der Waals surface area contributed by atoms with E-state index in [0.717, 1.165) is 0 Å². The van der Waals surface area contributed by atoms with Crippen molar-refractivity contribution in [3.63, 3.8) is 0 Å². The van der Waals surface area contributed by atoms with Crippen LogP contribution in [0, 0.1) is 0 Å². The van der Waals surface area contributed by atoms with Crippen LogP contribution in [0.3, 0.4) is 0 Å². The second-order valence-corrected chi connectivity index (χ2v) is 4.70. The fourth-order valence-corrected chi connectivity index (χ4v) is 1.87. The van der Waals surface area contributed by atoms with E-state index in [-0.39, 0.29) is 5.75 Å². The molecule has 7 heteroatoms. The zero-order valence-electron chi connectivity index (χ0n) is 11.7. The van der Waals surface area contributed by atoms with Gasteiger partial charge in [0.2, 0.25) is 0 Å². The molecular weight excluding hydrogens is 306 g/mol. The van der Waals surface area contributed by atoms with Gasteiger partial charge in [0.1, 0.15) is 0 Å². The number of hydrogen-bond donors (Lipinski definition) is 3. The standard InChI is InChI=1S/C15H14ClN3O3/c1-22-14-6-5-10(7-13(14)20)9-17-19-15(21)18-12-4-2-3-11(16)8-12/h2-9,20H,1H3,(H2,18,19,21)/b17-9-. The lowest BCUT2D eigenvalue weighted by Crippen LogP contribution is -2.24. The molecule has 114 valence electrons. The van der Waals surface area contributed by atoms with E-state index >= 15 is 0 Å². The number of methoxy groups -OCH3 is 1. The van der Waals surface area contributed by atoms with Gasteiger partial charge in [-0.3, -0.25) is 0 Å².